The number of carbonyl (C=O) groups is 1. The van der Waals surface area contributed by atoms with Crippen molar-refractivity contribution >= 4 is 17.7 Å². The molecule has 0 spiro atoms. The highest BCUT2D eigenvalue weighted by Crippen LogP contribution is 2.27. The fraction of sp³-hybridized carbons (Fsp3) is 0.235. The van der Waals surface area contributed by atoms with Crippen molar-refractivity contribution < 1.29 is 9.53 Å². The van der Waals surface area contributed by atoms with Gasteiger partial charge in [-0.3, -0.25) is 4.79 Å². The molecule has 0 saturated carbocycles. The standard InChI is InChI=1S/C17H18O2S/c1-2-19-17(18)13-10-14-8-11-16(12-9-14)20-15-6-4-3-5-7-15/h3-9,11-12H,2,10,13H2,1H3. The molecule has 2 rings (SSSR count). The molecule has 2 nitrogen and oxygen atoms in total. The second-order valence-corrected chi connectivity index (χ2v) is 5.51. The monoisotopic (exact) mass is 286 g/mol. The summed E-state index contributed by atoms with van der Waals surface area (Å²) in [4.78, 5) is 13.7. The van der Waals surface area contributed by atoms with Crippen LogP contribution in [0.25, 0.3) is 0 Å². The van der Waals surface area contributed by atoms with Crippen LogP contribution in [0.1, 0.15) is 18.9 Å². The van der Waals surface area contributed by atoms with E-state index in [0.717, 1.165) is 12.0 Å². The summed E-state index contributed by atoms with van der Waals surface area (Å²) in [6, 6.07) is 18.6. The molecule has 0 aliphatic rings. The predicted octanol–water partition coefficient (Wildman–Crippen LogP) is 4.33. The van der Waals surface area contributed by atoms with Gasteiger partial charge in [0.1, 0.15) is 0 Å². The summed E-state index contributed by atoms with van der Waals surface area (Å²) in [6.07, 6.45) is 1.17. The average Bonchev–Trinajstić information content (AvgIpc) is 2.48. The van der Waals surface area contributed by atoms with Crippen molar-refractivity contribution in [2.75, 3.05) is 6.61 Å². The molecule has 104 valence electrons. The minimum absolute atomic E-state index is 0.129. The van der Waals surface area contributed by atoms with Gasteiger partial charge in [0, 0.05) is 16.2 Å². The summed E-state index contributed by atoms with van der Waals surface area (Å²) in [5, 5.41) is 0. The van der Waals surface area contributed by atoms with Crippen LogP contribution in [0.4, 0.5) is 0 Å². The molecule has 0 bridgehead atoms. The van der Waals surface area contributed by atoms with Crippen LogP contribution in [0, 0.1) is 0 Å². The van der Waals surface area contributed by atoms with Crippen LogP contribution < -0.4 is 0 Å². The van der Waals surface area contributed by atoms with Gasteiger partial charge in [0.25, 0.3) is 0 Å². The molecular formula is C17H18O2S. The molecule has 3 heteroatoms. The Balaban J connectivity index is 1.88. The lowest BCUT2D eigenvalue weighted by atomic mass is 10.1. The quantitative estimate of drug-likeness (QED) is 0.739. The van der Waals surface area contributed by atoms with Gasteiger partial charge < -0.3 is 4.74 Å². The lowest BCUT2D eigenvalue weighted by Gasteiger charge is -2.04. The number of carbonyl (C=O) groups excluding carboxylic acids is 1. The van der Waals surface area contributed by atoms with Crippen LogP contribution in [-0.2, 0) is 16.0 Å². The van der Waals surface area contributed by atoms with Crippen molar-refractivity contribution in [1.82, 2.24) is 0 Å². The maximum Gasteiger partial charge on any atom is 0.306 e. The van der Waals surface area contributed by atoms with Gasteiger partial charge in [0.05, 0.1) is 6.61 Å². The molecule has 0 aliphatic carbocycles. The Kier molecular flexibility index (Phi) is 5.69. The largest absolute Gasteiger partial charge is 0.466 e. The molecule has 0 aliphatic heterocycles. The first-order chi connectivity index (χ1) is 9.78. The zero-order valence-electron chi connectivity index (χ0n) is 11.5. The lowest BCUT2D eigenvalue weighted by Crippen LogP contribution is -2.04. The number of hydrogen-bond acceptors (Lipinski definition) is 3. The first kappa shape index (κ1) is 14.7. The number of rotatable bonds is 6. The van der Waals surface area contributed by atoms with Gasteiger partial charge in [0.2, 0.25) is 0 Å². The van der Waals surface area contributed by atoms with Gasteiger partial charge >= 0.3 is 5.97 Å². The topological polar surface area (TPSA) is 26.3 Å². The zero-order chi connectivity index (χ0) is 14.2. The van der Waals surface area contributed by atoms with Crippen LogP contribution in [0.3, 0.4) is 0 Å². The van der Waals surface area contributed by atoms with Crippen LogP contribution in [0.5, 0.6) is 0 Å². The van der Waals surface area contributed by atoms with E-state index in [2.05, 4.69) is 36.4 Å². The Morgan fingerprint density at radius 1 is 1.00 bits per heavy atom. The highest BCUT2D eigenvalue weighted by Gasteiger charge is 2.03. The Morgan fingerprint density at radius 3 is 2.30 bits per heavy atom. The zero-order valence-corrected chi connectivity index (χ0v) is 12.4. The summed E-state index contributed by atoms with van der Waals surface area (Å²) < 4.78 is 4.92. The third-order valence-electron chi connectivity index (χ3n) is 2.83. The number of ether oxygens (including phenoxy) is 1. The summed E-state index contributed by atoms with van der Waals surface area (Å²) in [5.41, 5.74) is 1.16. The van der Waals surface area contributed by atoms with E-state index in [1.807, 2.05) is 25.1 Å². The molecule has 20 heavy (non-hydrogen) atoms. The minimum Gasteiger partial charge on any atom is -0.466 e. The van der Waals surface area contributed by atoms with Crippen molar-refractivity contribution in [1.29, 1.82) is 0 Å². The molecule has 0 heterocycles. The second kappa shape index (κ2) is 7.75. The number of hydrogen-bond donors (Lipinski definition) is 0. The normalized spacial score (nSPS) is 10.2. The van der Waals surface area contributed by atoms with Crippen molar-refractivity contribution in [2.24, 2.45) is 0 Å². The Labute approximate surface area is 124 Å². The number of benzene rings is 2. The van der Waals surface area contributed by atoms with Gasteiger partial charge in [-0.2, -0.15) is 0 Å². The van der Waals surface area contributed by atoms with E-state index in [-0.39, 0.29) is 5.97 Å². The van der Waals surface area contributed by atoms with Crippen LogP contribution in [0.15, 0.2) is 64.4 Å². The summed E-state index contributed by atoms with van der Waals surface area (Å²) in [6.45, 7) is 2.28. The summed E-state index contributed by atoms with van der Waals surface area (Å²) in [7, 11) is 0. The summed E-state index contributed by atoms with van der Waals surface area (Å²) in [5.74, 6) is -0.129. The van der Waals surface area contributed by atoms with Gasteiger partial charge in [-0.05, 0) is 43.2 Å². The van der Waals surface area contributed by atoms with E-state index in [9.17, 15) is 4.79 Å². The van der Waals surface area contributed by atoms with E-state index in [1.54, 1.807) is 11.8 Å². The molecule has 0 aromatic heterocycles. The molecule has 0 fully saturated rings. The SMILES string of the molecule is CCOC(=O)CCc1ccc(Sc2ccccc2)cc1. The van der Waals surface area contributed by atoms with Gasteiger partial charge in [-0.15, -0.1) is 0 Å². The first-order valence-electron chi connectivity index (χ1n) is 6.75. The van der Waals surface area contributed by atoms with Gasteiger partial charge in [-0.25, -0.2) is 0 Å². The van der Waals surface area contributed by atoms with E-state index in [4.69, 9.17) is 4.74 Å². The molecule has 0 radical (unpaired) electrons. The fourth-order valence-corrected chi connectivity index (χ4v) is 2.67. The molecule has 0 atom stereocenters. The van der Waals surface area contributed by atoms with Gasteiger partial charge in [-0.1, -0.05) is 42.1 Å². The van der Waals surface area contributed by atoms with Crippen molar-refractivity contribution in [2.45, 2.75) is 29.6 Å². The minimum atomic E-state index is -0.129. The Hall–Kier alpha value is -1.74. The fourth-order valence-electron chi connectivity index (χ4n) is 1.83. The van der Waals surface area contributed by atoms with E-state index in [0.29, 0.717) is 13.0 Å². The first-order valence-corrected chi connectivity index (χ1v) is 7.57. The van der Waals surface area contributed by atoms with Crippen LogP contribution in [0.2, 0.25) is 0 Å². The predicted molar refractivity (Wildman–Crippen MR) is 82.0 cm³/mol. The maximum absolute atomic E-state index is 11.3. The van der Waals surface area contributed by atoms with E-state index in [1.165, 1.54) is 9.79 Å². The average molecular weight is 286 g/mol. The molecule has 0 N–H and O–H groups in total. The van der Waals surface area contributed by atoms with Crippen LogP contribution in [-0.4, -0.2) is 12.6 Å². The van der Waals surface area contributed by atoms with Crippen molar-refractivity contribution in [3.8, 4) is 0 Å². The third-order valence-corrected chi connectivity index (χ3v) is 3.84. The van der Waals surface area contributed by atoms with E-state index >= 15 is 0 Å². The van der Waals surface area contributed by atoms with Crippen LogP contribution >= 0.6 is 11.8 Å². The third kappa shape index (κ3) is 4.74. The summed E-state index contributed by atoms with van der Waals surface area (Å²) >= 11 is 1.74. The molecular weight excluding hydrogens is 268 g/mol. The molecule has 2 aromatic carbocycles. The Bertz CT molecular complexity index is 535. The second-order valence-electron chi connectivity index (χ2n) is 4.36. The highest BCUT2D eigenvalue weighted by atomic mass is 32.2. The van der Waals surface area contributed by atoms with Gasteiger partial charge in [0.15, 0.2) is 0 Å². The van der Waals surface area contributed by atoms with Crippen molar-refractivity contribution in [3.63, 3.8) is 0 Å². The molecule has 0 saturated heterocycles. The molecule has 0 unspecified atom stereocenters. The lowest BCUT2D eigenvalue weighted by molar-refractivity contribution is -0.143. The highest BCUT2D eigenvalue weighted by molar-refractivity contribution is 7.99. The smallest absolute Gasteiger partial charge is 0.306 e. The Morgan fingerprint density at radius 2 is 1.65 bits per heavy atom. The molecule has 0 amide bonds. The van der Waals surface area contributed by atoms with E-state index < -0.39 is 0 Å². The van der Waals surface area contributed by atoms with Crippen molar-refractivity contribution in [3.05, 3.63) is 60.2 Å². The number of esters is 1. The maximum atomic E-state index is 11.3. The molecule has 2 aromatic rings. The number of aryl methyl sites for hydroxylation is 1.